The van der Waals surface area contributed by atoms with E-state index in [1.54, 1.807) is 4.90 Å². The summed E-state index contributed by atoms with van der Waals surface area (Å²) < 4.78 is 6.49. The van der Waals surface area contributed by atoms with Crippen LogP contribution in [0.4, 0.5) is 11.4 Å². The Morgan fingerprint density at radius 1 is 1.23 bits per heavy atom. The lowest BCUT2D eigenvalue weighted by Crippen LogP contribution is -2.34. The first-order valence-corrected chi connectivity index (χ1v) is 11.0. The van der Waals surface area contributed by atoms with Crippen molar-refractivity contribution < 1.29 is 19.1 Å². The van der Waals surface area contributed by atoms with E-state index in [0.717, 1.165) is 15.7 Å². The van der Waals surface area contributed by atoms with Gasteiger partial charge in [-0.15, -0.1) is 0 Å². The van der Waals surface area contributed by atoms with Gasteiger partial charge in [-0.2, -0.15) is 0 Å². The zero-order chi connectivity index (χ0) is 22.4. The standard InChI is InChI=1S/C23H26BrN3O4/c1-3-31-20-7-5-4-6-19(20)27-14-16(12-22(27)29)23(30)25-11-10-21(28)26-18-13-17(24)9-8-15(18)2/h4-9,13,16H,3,10-12,14H2,1-2H3,(H,25,30)(H,26,28). The zero-order valence-corrected chi connectivity index (χ0v) is 19.2. The van der Waals surface area contributed by atoms with Crippen molar-refractivity contribution in [3.05, 3.63) is 52.5 Å². The number of aryl methyl sites for hydroxylation is 1. The van der Waals surface area contributed by atoms with Gasteiger partial charge in [-0.25, -0.2) is 0 Å². The van der Waals surface area contributed by atoms with E-state index >= 15 is 0 Å². The molecule has 0 spiro atoms. The number of carbonyl (C=O) groups excluding carboxylic acids is 3. The average molecular weight is 488 g/mol. The molecule has 3 rings (SSSR count). The normalized spacial score (nSPS) is 15.6. The molecule has 0 aliphatic carbocycles. The molecule has 1 atom stereocenters. The maximum Gasteiger partial charge on any atom is 0.227 e. The highest BCUT2D eigenvalue weighted by molar-refractivity contribution is 9.10. The molecule has 1 aliphatic heterocycles. The van der Waals surface area contributed by atoms with Crippen molar-refractivity contribution in [2.75, 3.05) is 29.9 Å². The minimum atomic E-state index is -0.461. The first-order valence-electron chi connectivity index (χ1n) is 10.2. The molecular weight excluding hydrogens is 462 g/mol. The van der Waals surface area contributed by atoms with Gasteiger partial charge in [0.05, 0.1) is 18.2 Å². The number of rotatable bonds is 8. The number of hydrogen-bond donors (Lipinski definition) is 2. The van der Waals surface area contributed by atoms with E-state index in [2.05, 4.69) is 26.6 Å². The lowest BCUT2D eigenvalue weighted by molar-refractivity contribution is -0.126. The summed E-state index contributed by atoms with van der Waals surface area (Å²) in [5, 5.41) is 5.63. The third kappa shape index (κ3) is 5.85. The average Bonchev–Trinajstić information content (AvgIpc) is 3.13. The van der Waals surface area contributed by atoms with Crippen LogP contribution in [0.5, 0.6) is 5.75 Å². The number of halogens is 1. The molecule has 8 heteroatoms. The summed E-state index contributed by atoms with van der Waals surface area (Å²) >= 11 is 3.39. The fourth-order valence-electron chi connectivity index (χ4n) is 3.46. The Balaban J connectivity index is 1.51. The summed E-state index contributed by atoms with van der Waals surface area (Å²) in [6, 6.07) is 13.0. The second-order valence-corrected chi connectivity index (χ2v) is 8.27. The van der Waals surface area contributed by atoms with Gasteiger partial charge < -0.3 is 20.3 Å². The van der Waals surface area contributed by atoms with E-state index in [9.17, 15) is 14.4 Å². The fraction of sp³-hybridized carbons (Fsp3) is 0.348. The van der Waals surface area contributed by atoms with Gasteiger partial charge in [0.2, 0.25) is 17.7 Å². The van der Waals surface area contributed by atoms with Gasteiger partial charge in [-0.05, 0) is 43.7 Å². The summed E-state index contributed by atoms with van der Waals surface area (Å²) in [4.78, 5) is 38.9. The van der Waals surface area contributed by atoms with Gasteiger partial charge in [-0.3, -0.25) is 14.4 Å². The van der Waals surface area contributed by atoms with Crippen LogP contribution in [0.3, 0.4) is 0 Å². The van der Waals surface area contributed by atoms with Crippen LogP contribution in [0.25, 0.3) is 0 Å². The number of anilines is 2. The van der Waals surface area contributed by atoms with Crippen molar-refractivity contribution in [3.63, 3.8) is 0 Å². The molecule has 1 saturated heterocycles. The second kappa shape index (κ2) is 10.4. The Hall–Kier alpha value is -2.87. The Morgan fingerprint density at radius 2 is 2.00 bits per heavy atom. The largest absolute Gasteiger partial charge is 0.492 e. The van der Waals surface area contributed by atoms with Gasteiger partial charge in [0, 0.05) is 36.1 Å². The number of nitrogens with zero attached hydrogens (tertiary/aromatic N) is 1. The molecular formula is C23H26BrN3O4. The maximum absolute atomic E-state index is 12.6. The molecule has 3 amide bonds. The van der Waals surface area contributed by atoms with Gasteiger partial charge >= 0.3 is 0 Å². The lowest BCUT2D eigenvalue weighted by atomic mass is 10.1. The van der Waals surface area contributed by atoms with Gasteiger partial charge in [-0.1, -0.05) is 34.1 Å². The number of amides is 3. The van der Waals surface area contributed by atoms with Crippen molar-refractivity contribution in [2.24, 2.45) is 5.92 Å². The predicted octanol–water partition coefficient (Wildman–Crippen LogP) is 3.65. The van der Waals surface area contributed by atoms with Crippen LogP contribution in [-0.2, 0) is 14.4 Å². The summed E-state index contributed by atoms with van der Waals surface area (Å²) in [5.41, 5.74) is 2.36. The van der Waals surface area contributed by atoms with E-state index in [1.807, 2.05) is 56.3 Å². The van der Waals surface area contributed by atoms with Crippen LogP contribution < -0.4 is 20.3 Å². The molecule has 2 aromatic rings. The van der Waals surface area contributed by atoms with Crippen LogP contribution in [0.1, 0.15) is 25.3 Å². The molecule has 1 heterocycles. The highest BCUT2D eigenvalue weighted by Gasteiger charge is 2.36. The highest BCUT2D eigenvalue weighted by Crippen LogP contribution is 2.33. The van der Waals surface area contributed by atoms with Crippen molar-refractivity contribution in [3.8, 4) is 5.75 Å². The quantitative estimate of drug-likeness (QED) is 0.594. The number of nitrogens with one attached hydrogen (secondary N) is 2. The molecule has 164 valence electrons. The third-order valence-electron chi connectivity index (χ3n) is 5.08. The Kier molecular flexibility index (Phi) is 7.68. The van der Waals surface area contributed by atoms with E-state index in [0.29, 0.717) is 18.0 Å². The van der Waals surface area contributed by atoms with Crippen LogP contribution in [0.2, 0.25) is 0 Å². The Bertz CT molecular complexity index is 979. The molecule has 1 fully saturated rings. The summed E-state index contributed by atoms with van der Waals surface area (Å²) in [6.07, 6.45) is 0.283. The molecule has 0 saturated carbocycles. The van der Waals surface area contributed by atoms with E-state index in [1.165, 1.54) is 0 Å². The molecule has 2 aromatic carbocycles. The van der Waals surface area contributed by atoms with Gasteiger partial charge in [0.15, 0.2) is 0 Å². The smallest absolute Gasteiger partial charge is 0.227 e. The molecule has 0 aromatic heterocycles. The molecule has 1 unspecified atom stereocenters. The Labute approximate surface area is 190 Å². The lowest BCUT2D eigenvalue weighted by Gasteiger charge is -2.20. The molecule has 2 N–H and O–H groups in total. The number of hydrogen-bond acceptors (Lipinski definition) is 4. The van der Waals surface area contributed by atoms with Crippen LogP contribution >= 0.6 is 15.9 Å². The first-order chi connectivity index (χ1) is 14.9. The van der Waals surface area contributed by atoms with Crippen molar-refractivity contribution in [1.82, 2.24) is 5.32 Å². The fourth-order valence-corrected chi connectivity index (χ4v) is 3.82. The van der Waals surface area contributed by atoms with Crippen molar-refractivity contribution >= 4 is 45.0 Å². The van der Waals surface area contributed by atoms with Crippen molar-refractivity contribution in [1.29, 1.82) is 0 Å². The molecule has 7 nitrogen and oxygen atoms in total. The van der Waals surface area contributed by atoms with Gasteiger partial charge in [0.1, 0.15) is 5.75 Å². The molecule has 31 heavy (non-hydrogen) atoms. The van der Waals surface area contributed by atoms with E-state index in [4.69, 9.17) is 4.74 Å². The first kappa shape index (κ1) is 22.8. The summed E-state index contributed by atoms with van der Waals surface area (Å²) in [7, 11) is 0. The number of para-hydroxylation sites is 2. The number of ether oxygens (including phenoxy) is 1. The molecule has 0 radical (unpaired) electrons. The van der Waals surface area contributed by atoms with Crippen LogP contribution in [-0.4, -0.2) is 37.4 Å². The summed E-state index contributed by atoms with van der Waals surface area (Å²) in [6.45, 7) is 4.78. The maximum atomic E-state index is 12.6. The minimum Gasteiger partial charge on any atom is -0.492 e. The highest BCUT2D eigenvalue weighted by atomic mass is 79.9. The number of benzene rings is 2. The third-order valence-corrected chi connectivity index (χ3v) is 5.57. The summed E-state index contributed by atoms with van der Waals surface area (Å²) in [5.74, 6) is -0.362. The van der Waals surface area contributed by atoms with Gasteiger partial charge in [0.25, 0.3) is 0 Å². The van der Waals surface area contributed by atoms with Crippen LogP contribution in [0, 0.1) is 12.8 Å². The van der Waals surface area contributed by atoms with Crippen molar-refractivity contribution in [2.45, 2.75) is 26.7 Å². The van der Waals surface area contributed by atoms with E-state index in [-0.39, 0.29) is 43.7 Å². The SMILES string of the molecule is CCOc1ccccc1N1CC(C(=O)NCCC(=O)Nc2cc(Br)ccc2C)CC1=O. The topological polar surface area (TPSA) is 87.7 Å². The van der Waals surface area contributed by atoms with Crippen LogP contribution in [0.15, 0.2) is 46.9 Å². The number of carbonyl (C=O) groups is 3. The molecule has 0 bridgehead atoms. The minimum absolute atomic E-state index is 0.116. The molecule has 1 aliphatic rings. The predicted molar refractivity (Wildman–Crippen MR) is 123 cm³/mol. The second-order valence-electron chi connectivity index (χ2n) is 7.35. The van der Waals surface area contributed by atoms with E-state index < -0.39 is 5.92 Å². The zero-order valence-electron chi connectivity index (χ0n) is 17.6. The Morgan fingerprint density at radius 3 is 2.77 bits per heavy atom. The monoisotopic (exact) mass is 487 g/mol.